The van der Waals surface area contributed by atoms with Crippen LogP contribution in [0.1, 0.15) is 51.2 Å². The third-order valence-electron chi connectivity index (χ3n) is 4.77. The maximum Gasteiger partial charge on any atom is 0.232 e. The summed E-state index contributed by atoms with van der Waals surface area (Å²) in [6, 6.07) is 0. The van der Waals surface area contributed by atoms with Crippen molar-refractivity contribution >= 4 is 0 Å². The SMILES string of the molecule is CC(C)(c1nc(CC2CCCO2)no1)C1CCCNC1. The number of ether oxygens (including phenoxy) is 1. The molecule has 5 heteroatoms. The molecule has 0 amide bonds. The smallest absolute Gasteiger partial charge is 0.232 e. The fourth-order valence-corrected chi connectivity index (χ4v) is 3.25. The number of hydrogen-bond donors (Lipinski definition) is 1. The average Bonchev–Trinajstić information content (AvgIpc) is 3.12. The van der Waals surface area contributed by atoms with Gasteiger partial charge in [-0.1, -0.05) is 19.0 Å². The number of aromatic nitrogens is 2. The third-order valence-corrected chi connectivity index (χ3v) is 4.77. The molecule has 0 radical (unpaired) electrons. The molecule has 2 unspecified atom stereocenters. The first kappa shape index (κ1) is 14.0. The van der Waals surface area contributed by atoms with E-state index in [2.05, 4.69) is 29.3 Å². The van der Waals surface area contributed by atoms with Gasteiger partial charge in [0.05, 0.1) is 6.10 Å². The Kier molecular flexibility index (Phi) is 4.08. The summed E-state index contributed by atoms with van der Waals surface area (Å²) in [5.74, 6) is 2.13. The summed E-state index contributed by atoms with van der Waals surface area (Å²) in [4.78, 5) is 4.64. The van der Waals surface area contributed by atoms with E-state index < -0.39 is 0 Å². The monoisotopic (exact) mass is 279 g/mol. The van der Waals surface area contributed by atoms with Gasteiger partial charge in [-0.2, -0.15) is 4.98 Å². The molecule has 0 spiro atoms. The Labute approximate surface area is 120 Å². The maximum absolute atomic E-state index is 5.64. The first-order valence-electron chi connectivity index (χ1n) is 7.81. The maximum atomic E-state index is 5.64. The van der Waals surface area contributed by atoms with Gasteiger partial charge in [0.15, 0.2) is 5.82 Å². The Morgan fingerprint density at radius 3 is 2.90 bits per heavy atom. The van der Waals surface area contributed by atoms with E-state index in [1.807, 2.05) is 0 Å². The molecule has 3 heterocycles. The molecule has 1 aromatic heterocycles. The molecule has 0 bridgehead atoms. The van der Waals surface area contributed by atoms with Crippen LogP contribution >= 0.6 is 0 Å². The standard InChI is InChI=1S/C15H25N3O2/c1-15(2,11-5-3-7-16-10-11)14-17-13(18-20-14)9-12-6-4-8-19-12/h11-12,16H,3-10H2,1-2H3. The van der Waals surface area contributed by atoms with Crippen LogP contribution < -0.4 is 5.32 Å². The van der Waals surface area contributed by atoms with Crippen LogP contribution in [0.2, 0.25) is 0 Å². The Balaban J connectivity index is 1.67. The van der Waals surface area contributed by atoms with E-state index in [0.717, 1.165) is 50.7 Å². The van der Waals surface area contributed by atoms with E-state index >= 15 is 0 Å². The van der Waals surface area contributed by atoms with Gasteiger partial charge in [0, 0.05) is 18.4 Å². The van der Waals surface area contributed by atoms with Crippen molar-refractivity contribution in [2.45, 2.75) is 57.5 Å². The van der Waals surface area contributed by atoms with Gasteiger partial charge in [0.2, 0.25) is 5.89 Å². The molecule has 3 rings (SSSR count). The Hall–Kier alpha value is -0.940. The number of piperidine rings is 1. The predicted molar refractivity (Wildman–Crippen MR) is 75.6 cm³/mol. The van der Waals surface area contributed by atoms with Crippen molar-refractivity contribution < 1.29 is 9.26 Å². The van der Waals surface area contributed by atoms with Gasteiger partial charge < -0.3 is 14.6 Å². The van der Waals surface area contributed by atoms with E-state index in [0.29, 0.717) is 5.92 Å². The van der Waals surface area contributed by atoms with Crippen molar-refractivity contribution in [3.63, 3.8) is 0 Å². The molecule has 112 valence electrons. The molecule has 20 heavy (non-hydrogen) atoms. The highest BCUT2D eigenvalue weighted by Crippen LogP contribution is 2.34. The lowest BCUT2D eigenvalue weighted by Gasteiger charge is -2.34. The highest BCUT2D eigenvalue weighted by Gasteiger charge is 2.37. The molecule has 1 N–H and O–H groups in total. The number of hydrogen-bond acceptors (Lipinski definition) is 5. The molecule has 0 aliphatic carbocycles. The summed E-state index contributed by atoms with van der Waals surface area (Å²) >= 11 is 0. The molecular weight excluding hydrogens is 254 g/mol. The summed E-state index contributed by atoms with van der Waals surface area (Å²) in [6.45, 7) is 7.47. The summed E-state index contributed by atoms with van der Waals surface area (Å²) in [7, 11) is 0. The third kappa shape index (κ3) is 2.88. The minimum absolute atomic E-state index is 0.0603. The zero-order valence-electron chi connectivity index (χ0n) is 12.5. The minimum Gasteiger partial charge on any atom is -0.378 e. The number of rotatable bonds is 4. The average molecular weight is 279 g/mol. The minimum atomic E-state index is -0.0603. The zero-order valence-corrected chi connectivity index (χ0v) is 12.5. The van der Waals surface area contributed by atoms with Crippen LogP contribution in [0.5, 0.6) is 0 Å². The fourth-order valence-electron chi connectivity index (χ4n) is 3.25. The van der Waals surface area contributed by atoms with Gasteiger partial charge in [0.25, 0.3) is 0 Å². The van der Waals surface area contributed by atoms with E-state index in [9.17, 15) is 0 Å². The molecule has 0 saturated carbocycles. The number of nitrogens with zero attached hydrogens (tertiary/aromatic N) is 2. The van der Waals surface area contributed by atoms with Crippen LogP contribution in [-0.2, 0) is 16.6 Å². The summed E-state index contributed by atoms with van der Waals surface area (Å²) in [6.07, 6.45) is 5.77. The van der Waals surface area contributed by atoms with Crippen LogP contribution in [0, 0.1) is 5.92 Å². The largest absolute Gasteiger partial charge is 0.378 e. The lowest BCUT2D eigenvalue weighted by atomic mass is 9.75. The first-order chi connectivity index (χ1) is 9.66. The molecule has 0 aromatic carbocycles. The molecule has 2 fully saturated rings. The van der Waals surface area contributed by atoms with Crippen molar-refractivity contribution in [3.05, 3.63) is 11.7 Å². The summed E-state index contributed by atoms with van der Waals surface area (Å²) in [5, 5.41) is 7.62. The Morgan fingerprint density at radius 1 is 1.30 bits per heavy atom. The molecule has 1 aromatic rings. The van der Waals surface area contributed by atoms with E-state index in [1.54, 1.807) is 0 Å². The van der Waals surface area contributed by atoms with Crippen molar-refractivity contribution in [1.82, 2.24) is 15.5 Å². The van der Waals surface area contributed by atoms with Crippen LogP contribution in [0.25, 0.3) is 0 Å². The van der Waals surface area contributed by atoms with Crippen molar-refractivity contribution in [3.8, 4) is 0 Å². The second kappa shape index (κ2) is 5.82. The Bertz CT molecular complexity index is 432. The van der Waals surface area contributed by atoms with Crippen molar-refractivity contribution in [1.29, 1.82) is 0 Å². The van der Waals surface area contributed by atoms with Gasteiger partial charge in [-0.15, -0.1) is 0 Å². The van der Waals surface area contributed by atoms with Crippen LogP contribution in [-0.4, -0.2) is 35.9 Å². The van der Waals surface area contributed by atoms with Gasteiger partial charge >= 0.3 is 0 Å². The highest BCUT2D eigenvalue weighted by atomic mass is 16.5. The van der Waals surface area contributed by atoms with Crippen LogP contribution in [0.4, 0.5) is 0 Å². The molecule has 2 atom stereocenters. The normalized spacial score (nSPS) is 27.9. The highest BCUT2D eigenvalue weighted by molar-refractivity contribution is 5.06. The van der Waals surface area contributed by atoms with Gasteiger partial charge in [0.1, 0.15) is 0 Å². The Morgan fingerprint density at radius 2 is 2.20 bits per heavy atom. The molecule has 2 aliphatic rings. The molecule has 5 nitrogen and oxygen atoms in total. The van der Waals surface area contributed by atoms with Gasteiger partial charge in [-0.05, 0) is 44.7 Å². The lowest BCUT2D eigenvalue weighted by molar-refractivity contribution is 0.109. The number of nitrogens with one attached hydrogen (secondary N) is 1. The topological polar surface area (TPSA) is 60.2 Å². The van der Waals surface area contributed by atoms with Crippen molar-refractivity contribution in [2.75, 3.05) is 19.7 Å². The zero-order chi connectivity index (χ0) is 14.0. The van der Waals surface area contributed by atoms with Gasteiger partial charge in [-0.25, -0.2) is 0 Å². The molecular formula is C15H25N3O2. The van der Waals surface area contributed by atoms with Crippen LogP contribution in [0.15, 0.2) is 4.52 Å². The summed E-state index contributed by atoms with van der Waals surface area (Å²) < 4.78 is 11.2. The van der Waals surface area contributed by atoms with E-state index in [4.69, 9.17) is 9.26 Å². The molecule has 2 saturated heterocycles. The van der Waals surface area contributed by atoms with Gasteiger partial charge in [-0.3, -0.25) is 0 Å². The summed E-state index contributed by atoms with van der Waals surface area (Å²) in [5.41, 5.74) is -0.0603. The van der Waals surface area contributed by atoms with E-state index in [1.165, 1.54) is 12.8 Å². The predicted octanol–water partition coefficient (Wildman–Crippen LogP) is 2.07. The second-order valence-corrected chi connectivity index (χ2v) is 6.62. The fraction of sp³-hybridized carbons (Fsp3) is 0.867. The quantitative estimate of drug-likeness (QED) is 0.914. The first-order valence-corrected chi connectivity index (χ1v) is 7.81. The lowest BCUT2D eigenvalue weighted by Crippen LogP contribution is -2.41. The van der Waals surface area contributed by atoms with Crippen LogP contribution in [0.3, 0.4) is 0 Å². The van der Waals surface area contributed by atoms with E-state index in [-0.39, 0.29) is 11.5 Å². The second-order valence-electron chi connectivity index (χ2n) is 6.62. The van der Waals surface area contributed by atoms with Crippen molar-refractivity contribution in [2.24, 2.45) is 5.92 Å². The molecule has 2 aliphatic heterocycles.